The normalized spacial score (nSPS) is 29.4. The molecule has 15 heavy (non-hydrogen) atoms. The van der Waals surface area contributed by atoms with Crippen LogP contribution in [0.25, 0.3) is 0 Å². The van der Waals surface area contributed by atoms with Crippen LogP contribution in [0.1, 0.15) is 58.8 Å². The van der Waals surface area contributed by atoms with Crippen molar-refractivity contribution in [2.45, 2.75) is 76.5 Å². The van der Waals surface area contributed by atoms with Gasteiger partial charge >= 0.3 is 0 Å². The van der Waals surface area contributed by atoms with Gasteiger partial charge in [-0.15, -0.1) is 0 Å². The third-order valence-corrected chi connectivity index (χ3v) is 4.21. The minimum atomic E-state index is 0.294. The standard InChI is InChI=1S/C13H25NO/c1-3-11(4-2)14-12-6-9-15-13(10-12)7-5-8-13/h11-12,14H,3-10H2,1-2H3. The monoisotopic (exact) mass is 211 g/mol. The second-order valence-electron chi connectivity index (χ2n) is 5.25. The SMILES string of the molecule is CCC(CC)NC1CCOC2(CCC2)C1. The van der Waals surface area contributed by atoms with Crippen LogP contribution in [0.5, 0.6) is 0 Å². The van der Waals surface area contributed by atoms with Crippen LogP contribution in [0.4, 0.5) is 0 Å². The van der Waals surface area contributed by atoms with Crippen molar-refractivity contribution < 1.29 is 4.74 Å². The molecule has 1 N–H and O–H groups in total. The first-order chi connectivity index (χ1) is 7.28. The Hall–Kier alpha value is -0.0800. The number of ether oxygens (including phenoxy) is 1. The number of nitrogens with one attached hydrogen (secondary N) is 1. The van der Waals surface area contributed by atoms with Gasteiger partial charge in [0.2, 0.25) is 0 Å². The van der Waals surface area contributed by atoms with Crippen molar-refractivity contribution in [2.75, 3.05) is 6.61 Å². The highest BCUT2D eigenvalue weighted by molar-refractivity contribution is 4.96. The molecule has 0 aromatic heterocycles. The van der Waals surface area contributed by atoms with Gasteiger partial charge in [0.05, 0.1) is 5.60 Å². The summed E-state index contributed by atoms with van der Waals surface area (Å²) in [4.78, 5) is 0. The Labute approximate surface area is 93.8 Å². The van der Waals surface area contributed by atoms with Crippen LogP contribution < -0.4 is 5.32 Å². The van der Waals surface area contributed by atoms with E-state index in [0.717, 1.165) is 6.61 Å². The summed E-state index contributed by atoms with van der Waals surface area (Å²) in [5.41, 5.74) is 0.294. The van der Waals surface area contributed by atoms with E-state index in [-0.39, 0.29) is 0 Å². The molecule has 0 radical (unpaired) electrons. The van der Waals surface area contributed by atoms with Crippen LogP contribution in [-0.4, -0.2) is 24.3 Å². The predicted molar refractivity (Wildman–Crippen MR) is 63.1 cm³/mol. The molecule has 2 heteroatoms. The highest BCUT2D eigenvalue weighted by Gasteiger charge is 2.42. The fourth-order valence-electron chi connectivity index (χ4n) is 2.95. The van der Waals surface area contributed by atoms with Gasteiger partial charge in [-0.05, 0) is 44.9 Å². The van der Waals surface area contributed by atoms with E-state index >= 15 is 0 Å². The second kappa shape index (κ2) is 4.84. The zero-order valence-electron chi connectivity index (χ0n) is 10.2. The van der Waals surface area contributed by atoms with E-state index < -0.39 is 0 Å². The second-order valence-corrected chi connectivity index (χ2v) is 5.25. The number of hydrogen-bond donors (Lipinski definition) is 1. The zero-order valence-corrected chi connectivity index (χ0v) is 10.2. The zero-order chi connectivity index (χ0) is 10.7. The van der Waals surface area contributed by atoms with Crippen molar-refractivity contribution in [1.82, 2.24) is 5.32 Å². The molecule has 1 unspecified atom stereocenters. The minimum Gasteiger partial charge on any atom is -0.375 e. The molecule has 1 heterocycles. The lowest BCUT2D eigenvalue weighted by Crippen LogP contribution is -2.52. The van der Waals surface area contributed by atoms with Gasteiger partial charge in [0.25, 0.3) is 0 Å². The summed E-state index contributed by atoms with van der Waals surface area (Å²) in [5.74, 6) is 0. The molecular formula is C13H25NO. The lowest BCUT2D eigenvalue weighted by atomic mass is 9.74. The smallest absolute Gasteiger partial charge is 0.0697 e. The van der Waals surface area contributed by atoms with Crippen LogP contribution in [0.15, 0.2) is 0 Å². The number of rotatable bonds is 4. The molecule has 0 aromatic rings. The van der Waals surface area contributed by atoms with Gasteiger partial charge in [-0.25, -0.2) is 0 Å². The third kappa shape index (κ3) is 2.54. The molecule has 1 aliphatic heterocycles. The summed E-state index contributed by atoms with van der Waals surface area (Å²) in [6.07, 6.45) is 8.93. The molecule has 1 spiro atoms. The first kappa shape index (κ1) is 11.4. The van der Waals surface area contributed by atoms with Crippen molar-refractivity contribution in [3.63, 3.8) is 0 Å². The third-order valence-electron chi connectivity index (χ3n) is 4.21. The van der Waals surface area contributed by atoms with Gasteiger partial charge in [0, 0.05) is 18.7 Å². The average Bonchev–Trinajstić information content (AvgIpc) is 2.24. The summed E-state index contributed by atoms with van der Waals surface area (Å²) >= 11 is 0. The number of hydrogen-bond acceptors (Lipinski definition) is 2. The van der Waals surface area contributed by atoms with Crippen LogP contribution in [0, 0.1) is 0 Å². The molecule has 1 atom stereocenters. The summed E-state index contributed by atoms with van der Waals surface area (Å²) in [5, 5.41) is 3.80. The van der Waals surface area contributed by atoms with Crippen LogP contribution in [0.2, 0.25) is 0 Å². The summed E-state index contributed by atoms with van der Waals surface area (Å²) in [6.45, 7) is 5.52. The summed E-state index contributed by atoms with van der Waals surface area (Å²) in [7, 11) is 0. The first-order valence-electron chi connectivity index (χ1n) is 6.68. The van der Waals surface area contributed by atoms with Crippen LogP contribution >= 0.6 is 0 Å². The largest absolute Gasteiger partial charge is 0.375 e. The van der Waals surface area contributed by atoms with E-state index in [1.165, 1.54) is 44.9 Å². The molecule has 1 aliphatic carbocycles. The molecule has 88 valence electrons. The van der Waals surface area contributed by atoms with Crippen molar-refractivity contribution in [3.05, 3.63) is 0 Å². The Kier molecular flexibility index (Phi) is 3.68. The Bertz CT molecular complexity index is 197. The fraction of sp³-hybridized carbons (Fsp3) is 1.00. The first-order valence-corrected chi connectivity index (χ1v) is 6.68. The van der Waals surface area contributed by atoms with E-state index in [0.29, 0.717) is 17.7 Å². The summed E-state index contributed by atoms with van der Waals surface area (Å²) in [6, 6.07) is 1.43. The molecule has 0 aromatic carbocycles. The van der Waals surface area contributed by atoms with Gasteiger partial charge < -0.3 is 10.1 Å². The minimum absolute atomic E-state index is 0.294. The Morgan fingerprint density at radius 1 is 1.33 bits per heavy atom. The molecule has 2 fully saturated rings. The molecule has 1 saturated carbocycles. The van der Waals surface area contributed by atoms with E-state index in [9.17, 15) is 0 Å². The molecule has 2 nitrogen and oxygen atoms in total. The molecule has 2 rings (SSSR count). The molecule has 1 saturated heterocycles. The van der Waals surface area contributed by atoms with Crippen LogP contribution in [0.3, 0.4) is 0 Å². The van der Waals surface area contributed by atoms with Crippen molar-refractivity contribution in [3.8, 4) is 0 Å². The van der Waals surface area contributed by atoms with Gasteiger partial charge in [-0.2, -0.15) is 0 Å². The van der Waals surface area contributed by atoms with Crippen molar-refractivity contribution >= 4 is 0 Å². The maximum Gasteiger partial charge on any atom is 0.0697 e. The highest BCUT2D eigenvalue weighted by Crippen LogP contribution is 2.42. The van der Waals surface area contributed by atoms with E-state index in [1.807, 2.05) is 0 Å². The van der Waals surface area contributed by atoms with E-state index in [1.54, 1.807) is 0 Å². The van der Waals surface area contributed by atoms with Crippen molar-refractivity contribution in [1.29, 1.82) is 0 Å². The maximum atomic E-state index is 5.94. The lowest BCUT2D eigenvalue weighted by Gasteiger charge is -2.48. The van der Waals surface area contributed by atoms with Gasteiger partial charge in [0.15, 0.2) is 0 Å². The Balaban J connectivity index is 1.82. The maximum absolute atomic E-state index is 5.94. The molecule has 0 bridgehead atoms. The van der Waals surface area contributed by atoms with Crippen molar-refractivity contribution in [2.24, 2.45) is 0 Å². The van der Waals surface area contributed by atoms with Gasteiger partial charge in [0.1, 0.15) is 0 Å². The topological polar surface area (TPSA) is 21.3 Å². The fourth-order valence-corrected chi connectivity index (χ4v) is 2.95. The average molecular weight is 211 g/mol. The van der Waals surface area contributed by atoms with Gasteiger partial charge in [-0.1, -0.05) is 13.8 Å². The van der Waals surface area contributed by atoms with E-state index in [4.69, 9.17) is 4.74 Å². The van der Waals surface area contributed by atoms with Crippen LogP contribution in [-0.2, 0) is 4.74 Å². The molecule has 2 aliphatic rings. The molecular weight excluding hydrogens is 186 g/mol. The highest BCUT2D eigenvalue weighted by atomic mass is 16.5. The summed E-state index contributed by atoms with van der Waals surface area (Å²) < 4.78 is 5.94. The molecule has 0 amide bonds. The quantitative estimate of drug-likeness (QED) is 0.772. The Morgan fingerprint density at radius 3 is 2.60 bits per heavy atom. The van der Waals surface area contributed by atoms with E-state index in [2.05, 4.69) is 19.2 Å². The van der Waals surface area contributed by atoms with Gasteiger partial charge in [-0.3, -0.25) is 0 Å². The predicted octanol–water partition coefficient (Wildman–Crippen LogP) is 2.87. The Morgan fingerprint density at radius 2 is 2.07 bits per heavy atom. The lowest BCUT2D eigenvalue weighted by molar-refractivity contribution is -0.136.